The van der Waals surface area contributed by atoms with E-state index in [1.54, 1.807) is 12.1 Å². The Labute approximate surface area is 230 Å². The van der Waals surface area contributed by atoms with E-state index < -0.39 is 0 Å². The lowest BCUT2D eigenvalue weighted by molar-refractivity contribution is 0.203. The second-order valence-corrected chi connectivity index (χ2v) is 10.8. The first-order valence-electron chi connectivity index (χ1n) is 13.3. The maximum atomic E-state index is 10.8. The minimum Gasteiger partial charge on any atom is -0.508 e. The molecule has 1 aliphatic rings. The van der Waals surface area contributed by atoms with Crippen LogP contribution in [0.25, 0.3) is 0 Å². The van der Waals surface area contributed by atoms with Crippen LogP contribution in [-0.4, -0.2) is 50.0 Å². The van der Waals surface area contributed by atoms with Crippen LogP contribution in [0.3, 0.4) is 0 Å². The quantitative estimate of drug-likeness (QED) is 0.157. The van der Waals surface area contributed by atoms with Gasteiger partial charge in [-0.15, -0.1) is 0 Å². The van der Waals surface area contributed by atoms with Crippen molar-refractivity contribution in [1.29, 1.82) is 0 Å². The van der Waals surface area contributed by atoms with Gasteiger partial charge in [0.1, 0.15) is 23.0 Å². The Morgan fingerprint density at radius 2 is 0.975 bits per heavy atom. The van der Waals surface area contributed by atoms with Crippen LogP contribution in [0.5, 0.6) is 46.5 Å². The molecule has 10 heteroatoms. The first kappa shape index (κ1) is 27.0. The van der Waals surface area contributed by atoms with Gasteiger partial charge in [0.05, 0.1) is 0 Å². The van der Waals surface area contributed by atoms with Crippen LogP contribution in [0.2, 0.25) is 0 Å². The van der Waals surface area contributed by atoms with Crippen molar-refractivity contribution in [3.8, 4) is 46.5 Å². The topological polar surface area (TPSA) is 172 Å². The minimum atomic E-state index is -0.0960. The van der Waals surface area contributed by atoms with E-state index in [4.69, 9.17) is 0 Å². The van der Waals surface area contributed by atoms with Gasteiger partial charge in [0, 0.05) is 61.3 Å². The number of nitrogens with zero attached hydrogens (tertiary/aromatic N) is 2. The van der Waals surface area contributed by atoms with Crippen molar-refractivity contribution in [2.45, 2.75) is 51.6 Å². The second kappa shape index (κ2) is 10.9. The highest BCUT2D eigenvalue weighted by atomic mass is 16.3. The summed E-state index contributed by atoms with van der Waals surface area (Å²) in [6.45, 7) is 0.787. The SMILES string of the molecule is Oc1ccc(Cc2cc(O)n(CC3CCCC(Cn4c(O)cc(Cc5ccc(O)cc5O)c4O)C3)c2O)c(O)c1. The van der Waals surface area contributed by atoms with E-state index in [1.165, 1.54) is 45.5 Å². The van der Waals surface area contributed by atoms with Gasteiger partial charge in [-0.2, -0.15) is 0 Å². The van der Waals surface area contributed by atoms with Crippen molar-refractivity contribution in [1.82, 2.24) is 9.13 Å². The summed E-state index contributed by atoms with van der Waals surface area (Å²) in [6.07, 6.45) is 3.84. The first-order chi connectivity index (χ1) is 19.1. The van der Waals surface area contributed by atoms with Gasteiger partial charge < -0.3 is 40.9 Å². The molecule has 40 heavy (non-hydrogen) atoms. The zero-order valence-electron chi connectivity index (χ0n) is 21.9. The van der Waals surface area contributed by atoms with E-state index in [0.29, 0.717) is 35.3 Å². The number of phenolic OH excluding ortho intramolecular Hbond substituents is 4. The third-order valence-corrected chi connectivity index (χ3v) is 7.92. The highest BCUT2D eigenvalue weighted by molar-refractivity contribution is 5.46. The molecular formula is C30H34N2O8. The summed E-state index contributed by atoms with van der Waals surface area (Å²) in [6, 6.07) is 11.4. The standard InChI is InChI=1S/C30H34N2O8/c33-23-6-4-19(25(35)13-23)9-21-11-27(37)31(29(21)39)15-17-2-1-3-18(8-17)16-32-28(38)12-22(30(32)40)10-20-5-7-24(34)14-26(20)36/h4-7,11-14,17-18,33-40H,1-3,8-10,15-16H2. The van der Waals surface area contributed by atoms with Gasteiger partial charge in [0.15, 0.2) is 23.5 Å². The fraction of sp³-hybridized carbons (Fsp3) is 0.333. The van der Waals surface area contributed by atoms with Crippen LogP contribution in [0, 0.1) is 11.8 Å². The molecule has 0 bridgehead atoms. The van der Waals surface area contributed by atoms with Gasteiger partial charge in [-0.1, -0.05) is 18.6 Å². The Kier molecular flexibility index (Phi) is 7.34. The predicted molar refractivity (Wildman–Crippen MR) is 146 cm³/mol. The monoisotopic (exact) mass is 550 g/mol. The number of aromatic nitrogens is 2. The van der Waals surface area contributed by atoms with Gasteiger partial charge in [-0.05, 0) is 54.4 Å². The molecule has 0 saturated heterocycles. The van der Waals surface area contributed by atoms with Crippen LogP contribution in [-0.2, 0) is 25.9 Å². The first-order valence-corrected chi connectivity index (χ1v) is 13.3. The number of hydrogen-bond donors (Lipinski definition) is 8. The zero-order valence-corrected chi connectivity index (χ0v) is 21.9. The number of hydrogen-bond acceptors (Lipinski definition) is 8. The van der Waals surface area contributed by atoms with Crippen LogP contribution in [0.15, 0.2) is 48.5 Å². The summed E-state index contributed by atoms with van der Waals surface area (Å²) >= 11 is 0. The van der Waals surface area contributed by atoms with Crippen LogP contribution < -0.4 is 0 Å². The molecule has 1 fully saturated rings. The van der Waals surface area contributed by atoms with Gasteiger partial charge >= 0.3 is 0 Å². The summed E-state index contributed by atoms with van der Waals surface area (Å²) < 4.78 is 2.93. The van der Waals surface area contributed by atoms with Crippen LogP contribution in [0.1, 0.15) is 47.9 Å². The van der Waals surface area contributed by atoms with E-state index in [2.05, 4.69) is 0 Å². The fourth-order valence-corrected chi connectivity index (χ4v) is 5.84. The molecule has 2 aromatic heterocycles. The molecule has 0 radical (unpaired) electrons. The van der Waals surface area contributed by atoms with Crippen molar-refractivity contribution in [3.63, 3.8) is 0 Å². The second-order valence-electron chi connectivity index (χ2n) is 10.8. The maximum Gasteiger partial charge on any atom is 0.197 e. The number of phenols is 4. The minimum absolute atomic E-state index is 0.0628. The van der Waals surface area contributed by atoms with Crippen molar-refractivity contribution in [3.05, 3.63) is 70.8 Å². The van der Waals surface area contributed by atoms with E-state index in [9.17, 15) is 40.9 Å². The van der Waals surface area contributed by atoms with E-state index in [1.807, 2.05) is 0 Å². The molecule has 5 rings (SSSR count). The Hall–Kier alpha value is -4.60. The fourth-order valence-electron chi connectivity index (χ4n) is 5.84. The maximum absolute atomic E-state index is 10.8. The van der Waals surface area contributed by atoms with E-state index >= 15 is 0 Å². The van der Waals surface area contributed by atoms with Gasteiger partial charge in [0.2, 0.25) is 0 Å². The number of aromatic hydroxyl groups is 8. The molecule has 4 aromatic rings. The van der Waals surface area contributed by atoms with E-state index in [-0.39, 0.29) is 71.2 Å². The van der Waals surface area contributed by atoms with Crippen LogP contribution >= 0.6 is 0 Å². The molecule has 8 N–H and O–H groups in total. The Bertz CT molecular complexity index is 1410. The molecule has 0 spiro atoms. The lowest BCUT2D eigenvalue weighted by atomic mass is 9.81. The lowest BCUT2D eigenvalue weighted by Crippen LogP contribution is -2.23. The largest absolute Gasteiger partial charge is 0.508 e. The summed E-state index contributed by atoms with van der Waals surface area (Å²) in [5, 5.41) is 82.1. The van der Waals surface area contributed by atoms with Crippen molar-refractivity contribution >= 4 is 0 Å². The molecule has 1 saturated carbocycles. The van der Waals surface area contributed by atoms with Gasteiger partial charge in [0.25, 0.3) is 0 Å². The summed E-state index contributed by atoms with van der Waals surface area (Å²) in [5.41, 5.74) is 1.93. The average molecular weight is 551 g/mol. The Morgan fingerprint density at radius 3 is 1.38 bits per heavy atom. The molecule has 212 valence electrons. The highest BCUT2D eigenvalue weighted by Gasteiger charge is 2.27. The predicted octanol–water partition coefficient (Wildman–Crippen LogP) is 4.62. The molecule has 2 aromatic carbocycles. The highest BCUT2D eigenvalue weighted by Crippen LogP contribution is 2.39. The molecular weight excluding hydrogens is 516 g/mol. The summed E-state index contributed by atoms with van der Waals surface area (Å²) in [7, 11) is 0. The molecule has 2 unspecified atom stereocenters. The molecule has 0 amide bonds. The lowest BCUT2D eigenvalue weighted by Gasteiger charge is -2.30. The Morgan fingerprint density at radius 1 is 0.550 bits per heavy atom. The average Bonchev–Trinajstić information content (AvgIpc) is 3.31. The van der Waals surface area contributed by atoms with Crippen LogP contribution in [0.4, 0.5) is 0 Å². The molecule has 2 atom stereocenters. The smallest absolute Gasteiger partial charge is 0.197 e. The summed E-state index contributed by atoms with van der Waals surface area (Å²) in [4.78, 5) is 0. The van der Waals surface area contributed by atoms with Crippen molar-refractivity contribution in [2.24, 2.45) is 11.8 Å². The molecule has 1 aliphatic carbocycles. The molecule has 0 aliphatic heterocycles. The molecule has 10 nitrogen and oxygen atoms in total. The molecule has 2 heterocycles. The zero-order chi connectivity index (χ0) is 28.6. The van der Waals surface area contributed by atoms with Crippen molar-refractivity contribution < 1.29 is 40.9 Å². The number of benzene rings is 2. The van der Waals surface area contributed by atoms with Crippen molar-refractivity contribution in [2.75, 3.05) is 0 Å². The third kappa shape index (κ3) is 5.56. The normalized spacial score (nSPS) is 17.3. The van der Waals surface area contributed by atoms with E-state index in [0.717, 1.165) is 25.7 Å². The van der Waals surface area contributed by atoms with Gasteiger partial charge in [-0.25, -0.2) is 0 Å². The Balaban J connectivity index is 1.26. The third-order valence-electron chi connectivity index (χ3n) is 7.92. The number of rotatable bonds is 8. The summed E-state index contributed by atoms with van der Waals surface area (Å²) in [5.74, 6) is -0.324. The van der Waals surface area contributed by atoms with Gasteiger partial charge in [-0.3, -0.25) is 9.13 Å².